The van der Waals surface area contributed by atoms with Gasteiger partial charge in [-0.25, -0.2) is 0 Å². The third kappa shape index (κ3) is 1.64. The van der Waals surface area contributed by atoms with Gasteiger partial charge in [0, 0.05) is 30.5 Å². The number of aromatic nitrogens is 1. The van der Waals surface area contributed by atoms with Gasteiger partial charge in [-0.15, -0.1) is 0 Å². The minimum Gasteiger partial charge on any atom is -0.364 e. The molecule has 0 spiro atoms. The van der Waals surface area contributed by atoms with Gasteiger partial charge in [0.2, 0.25) is 0 Å². The van der Waals surface area contributed by atoms with Crippen LogP contribution < -0.4 is 10.6 Å². The van der Waals surface area contributed by atoms with Crippen molar-refractivity contribution in [3.8, 4) is 0 Å². The van der Waals surface area contributed by atoms with Crippen molar-refractivity contribution in [2.24, 2.45) is 5.73 Å². The van der Waals surface area contributed by atoms with E-state index in [1.807, 2.05) is 12.4 Å². The van der Waals surface area contributed by atoms with Crippen molar-refractivity contribution in [2.45, 2.75) is 43.8 Å². The molecule has 2 aliphatic rings. The summed E-state index contributed by atoms with van der Waals surface area (Å²) in [5.41, 5.74) is 7.37. The number of fused-ring (bicyclic) bond motifs is 2. The Morgan fingerprint density at radius 1 is 1.31 bits per heavy atom. The Balaban J connectivity index is 1.94. The molecule has 1 aromatic rings. The highest BCUT2D eigenvalue weighted by molar-refractivity contribution is 9.10. The zero-order chi connectivity index (χ0) is 11.1. The molecule has 0 amide bonds. The van der Waals surface area contributed by atoms with Gasteiger partial charge in [0.1, 0.15) is 0 Å². The Hall–Kier alpha value is -0.610. The third-order valence-corrected chi connectivity index (χ3v) is 4.41. The van der Waals surface area contributed by atoms with Crippen LogP contribution in [0, 0.1) is 0 Å². The van der Waals surface area contributed by atoms with E-state index >= 15 is 0 Å². The fourth-order valence-electron chi connectivity index (χ4n) is 3.19. The van der Waals surface area contributed by atoms with Crippen LogP contribution in [0.1, 0.15) is 25.7 Å². The number of hydrogen-bond acceptors (Lipinski definition) is 3. The van der Waals surface area contributed by atoms with Crippen molar-refractivity contribution in [2.75, 3.05) is 4.90 Å². The molecule has 3 rings (SSSR count). The van der Waals surface area contributed by atoms with Crippen LogP contribution in [0.5, 0.6) is 0 Å². The molecule has 0 saturated carbocycles. The van der Waals surface area contributed by atoms with Crippen LogP contribution in [0.2, 0.25) is 0 Å². The second-order valence-corrected chi connectivity index (χ2v) is 5.71. The molecular formula is C12H16BrN3. The van der Waals surface area contributed by atoms with Gasteiger partial charge in [0.25, 0.3) is 0 Å². The zero-order valence-electron chi connectivity index (χ0n) is 9.14. The number of halogens is 1. The predicted octanol–water partition coefficient (Wildman–Crippen LogP) is 2.30. The molecule has 4 heteroatoms. The zero-order valence-corrected chi connectivity index (χ0v) is 10.7. The van der Waals surface area contributed by atoms with Gasteiger partial charge in [-0.2, -0.15) is 0 Å². The SMILES string of the molecule is NC1CC2CCC(C1)N2c1ccncc1Br. The summed E-state index contributed by atoms with van der Waals surface area (Å²) >= 11 is 3.59. The van der Waals surface area contributed by atoms with Gasteiger partial charge >= 0.3 is 0 Å². The molecule has 2 fully saturated rings. The van der Waals surface area contributed by atoms with Crippen molar-refractivity contribution in [1.29, 1.82) is 0 Å². The summed E-state index contributed by atoms with van der Waals surface area (Å²) in [6.45, 7) is 0. The van der Waals surface area contributed by atoms with Crippen LogP contribution in [0.3, 0.4) is 0 Å². The van der Waals surface area contributed by atoms with E-state index in [0.29, 0.717) is 18.1 Å². The first-order valence-corrected chi connectivity index (χ1v) is 6.68. The van der Waals surface area contributed by atoms with Gasteiger partial charge in [-0.05, 0) is 47.7 Å². The number of nitrogens with two attached hydrogens (primary N) is 1. The molecule has 1 aromatic heterocycles. The largest absolute Gasteiger partial charge is 0.364 e. The maximum Gasteiger partial charge on any atom is 0.0592 e. The Labute approximate surface area is 104 Å². The van der Waals surface area contributed by atoms with E-state index in [1.165, 1.54) is 18.5 Å². The Morgan fingerprint density at radius 3 is 2.62 bits per heavy atom. The Morgan fingerprint density at radius 2 is 2.00 bits per heavy atom. The third-order valence-electron chi connectivity index (χ3n) is 3.80. The van der Waals surface area contributed by atoms with Crippen molar-refractivity contribution >= 4 is 21.6 Å². The van der Waals surface area contributed by atoms with Gasteiger partial charge in [0.05, 0.1) is 10.2 Å². The first kappa shape index (κ1) is 10.5. The highest BCUT2D eigenvalue weighted by Gasteiger charge is 2.40. The van der Waals surface area contributed by atoms with Gasteiger partial charge < -0.3 is 10.6 Å². The van der Waals surface area contributed by atoms with Crippen LogP contribution >= 0.6 is 15.9 Å². The maximum absolute atomic E-state index is 6.08. The number of pyridine rings is 1. The van der Waals surface area contributed by atoms with Gasteiger partial charge in [-0.3, -0.25) is 4.98 Å². The molecular weight excluding hydrogens is 266 g/mol. The normalized spacial score (nSPS) is 33.1. The van der Waals surface area contributed by atoms with Crippen molar-refractivity contribution < 1.29 is 0 Å². The number of piperidine rings is 1. The molecule has 0 aliphatic carbocycles. The number of rotatable bonds is 1. The molecule has 3 heterocycles. The van der Waals surface area contributed by atoms with Crippen molar-refractivity contribution in [1.82, 2.24) is 4.98 Å². The Kier molecular flexibility index (Phi) is 2.64. The first-order chi connectivity index (χ1) is 7.75. The van der Waals surface area contributed by atoms with E-state index in [-0.39, 0.29) is 0 Å². The second-order valence-electron chi connectivity index (χ2n) is 4.85. The lowest BCUT2D eigenvalue weighted by Crippen LogP contribution is -2.47. The lowest BCUT2D eigenvalue weighted by atomic mass is 9.97. The highest BCUT2D eigenvalue weighted by atomic mass is 79.9. The molecule has 2 saturated heterocycles. The maximum atomic E-state index is 6.08. The lowest BCUT2D eigenvalue weighted by molar-refractivity contribution is 0.414. The van der Waals surface area contributed by atoms with E-state index in [1.54, 1.807) is 0 Å². The summed E-state index contributed by atoms with van der Waals surface area (Å²) in [5, 5.41) is 0. The predicted molar refractivity (Wildman–Crippen MR) is 68.4 cm³/mol. The van der Waals surface area contributed by atoms with E-state index in [2.05, 4.69) is 31.9 Å². The fourth-order valence-corrected chi connectivity index (χ4v) is 3.64. The fraction of sp³-hybridized carbons (Fsp3) is 0.583. The Bertz CT molecular complexity index is 382. The summed E-state index contributed by atoms with van der Waals surface area (Å²) in [7, 11) is 0. The van der Waals surface area contributed by atoms with Crippen LogP contribution in [-0.4, -0.2) is 23.1 Å². The second kappa shape index (κ2) is 4.00. The summed E-state index contributed by atoms with van der Waals surface area (Å²) < 4.78 is 1.10. The van der Waals surface area contributed by atoms with E-state index in [0.717, 1.165) is 17.3 Å². The first-order valence-electron chi connectivity index (χ1n) is 5.89. The van der Waals surface area contributed by atoms with E-state index in [4.69, 9.17) is 5.73 Å². The van der Waals surface area contributed by atoms with E-state index < -0.39 is 0 Å². The summed E-state index contributed by atoms with van der Waals surface area (Å²) in [5.74, 6) is 0. The average molecular weight is 282 g/mol. The number of hydrogen-bond donors (Lipinski definition) is 1. The molecule has 86 valence electrons. The highest BCUT2D eigenvalue weighted by Crippen LogP contribution is 2.41. The standard InChI is InChI=1S/C12H16BrN3/c13-11-7-15-4-3-12(11)16-9-1-2-10(16)6-8(14)5-9/h3-4,7-10H,1-2,5-6,14H2. The van der Waals surface area contributed by atoms with Crippen LogP contribution in [0.25, 0.3) is 0 Å². The molecule has 0 radical (unpaired) electrons. The summed E-state index contributed by atoms with van der Waals surface area (Å²) in [6, 6.07) is 3.76. The molecule has 2 atom stereocenters. The number of anilines is 1. The minimum atomic E-state index is 0.398. The molecule has 16 heavy (non-hydrogen) atoms. The molecule has 2 unspecified atom stereocenters. The molecule has 2 aliphatic heterocycles. The smallest absolute Gasteiger partial charge is 0.0592 e. The topological polar surface area (TPSA) is 42.1 Å². The van der Waals surface area contributed by atoms with Crippen molar-refractivity contribution in [3.63, 3.8) is 0 Å². The summed E-state index contributed by atoms with van der Waals surface area (Å²) in [4.78, 5) is 6.68. The van der Waals surface area contributed by atoms with Gasteiger partial charge in [0.15, 0.2) is 0 Å². The van der Waals surface area contributed by atoms with E-state index in [9.17, 15) is 0 Å². The van der Waals surface area contributed by atoms with Crippen LogP contribution in [0.15, 0.2) is 22.9 Å². The minimum absolute atomic E-state index is 0.398. The lowest BCUT2D eigenvalue weighted by Gasteiger charge is -2.39. The summed E-state index contributed by atoms with van der Waals surface area (Å²) in [6.07, 6.45) is 8.58. The van der Waals surface area contributed by atoms with Crippen LogP contribution in [0.4, 0.5) is 5.69 Å². The molecule has 2 N–H and O–H groups in total. The molecule has 0 aromatic carbocycles. The van der Waals surface area contributed by atoms with Crippen LogP contribution in [-0.2, 0) is 0 Å². The van der Waals surface area contributed by atoms with Gasteiger partial charge in [-0.1, -0.05) is 0 Å². The molecule has 3 nitrogen and oxygen atoms in total. The monoisotopic (exact) mass is 281 g/mol. The quantitative estimate of drug-likeness (QED) is 0.859. The van der Waals surface area contributed by atoms with Crippen molar-refractivity contribution in [3.05, 3.63) is 22.9 Å². The number of nitrogens with zero attached hydrogens (tertiary/aromatic N) is 2. The molecule has 2 bridgehead atoms. The average Bonchev–Trinajstić information content (AvgIpc) is 2.53.